The number of sulfone groups is 1. The standard InChI is InChI=1S/C16H19N3O3S/c1-11-5-3-4-6-14(11)17-16(20)15-9-12(2)19(18-15)13-7-8-23(21,22)10-13/h3-6,9,13H,7-8,10H2,1-2H3,(H,17,20). The summed E-state index contributed by atoms with van der Waals surface area (Å²) >= 11 is 0. The summed E-state index contributed by atoms with van der Waals surface area (Å²) < 4.78 is 24.9. The number of amides is 1. The van der Waals surface area contributed by atoms with Crippen molar-refractivity contribution in [3.8, 4) is 0 Å². The maximum atomic E-state index is 12.4. The number of nitrogens with one attached hydrogen (secondary N) is 1. The molecule has 1 amide bonds. The van der Waals surface area contributed by atoms with Crippen LogP contribution in [0.15, 0.2) is 30.3 Å². The van der Waals surface area contributed by atoms with Crippen LogP contribution in [0.4, 0.5) is 5.69 Å². The van der Waals surface area contributed by atoms with Crippen LogP contribution >= 0.6 is 0 Å². The Morgan fingerprint density at radius 3 is 2.70 bits per heavy atom. The van der Waals surface area contributed by atoms with E-state index in [-0.39, 0.29) is 23.5 Å². The van der Waals surface area contributed by atoms with Crippen molar-refractivity contribution in [2.75, 3.05) is 16.8 Å². The summed E-state index contributed by atoms with van der Waals surface area (Å²) in [5.41, 5.74) is 2.81. The summed E-state index contributed by atoms with van der Waals surface area (Å²) in [4.78, 5) is 12.4. The molecule has 1 aromatic heterocycles. The van der Waals surface area contributed by atoms with E-state index in [2.05, 4.69) is 10.4 Å². The Kier molecular flexibility index (Phi) is 3.97. The van der Waals surface area contributed by atoms with Gasteiger partial charge in [-0.3, -0.25) is 9.48 Å². The molecule has 0 spiro atoms. The summed E-state index contributed by atoms with van der Waals surface area (Å²) in [7, 11) is -2.99. The van der Waals surface area contributed by atoms with Gasteiger partial charge in [0.15, 0.2) is 15.5 Å². The molecule has 0 aliphatic carbocycles. The summed E-state index contributed by atoms with van der Waals surface area (Å²) in [6.07, 6.45) is 0.545. The number of aryl methyl sites for hydroxylation is 2. The number of carbonyl (C=O) groups excluding carboxylic acids is 1. The molecule has 6 nitrogen and oxygen atoms in total. The van der Waals surface area contributed by atoms with Gasteiger partial charge in [-0.1, -0.05) is 18.2 Å². The Morgan fingerprint density at radius 2 is 2.04 bits per heavy atom. The summed E-state index contributed by atoms with van der Waals surface area (Å²) in [6.45, 7) is 3.76. The van der Waals surface area contributed by atoms with Gasteiger partial charge in [-0.15, -0.1) is 0 Å². The van der Waals surface area contributed by atoms with Gasteiger partial charge in [0.2, 0.25) is 0 Å². The largest absolute Gasteiger partial charge is 0.320 e. The lowest BCUT2D eigenvalue weighted by molar-refractivity contribution is 0.102. The van der Waals surface area contributed by atoms with Crippen LogP contribution in [0, 0.1) is 13.8 Å². The van der Waals surface area contributed by atoms with E-state index < -0.39 is 9.84 Å². The molecule has 7 heteroatoms. The number of anilines is 1. The van der Waals surface area contributed by atoms with Gasteiger partial charge < -0.3 is 5.32 Å². The fourth-order valence-electron chi connectivity index (χ4n) is 2.84. The number of hydrogen-bond donors (Lipinski definition) is 1. The zero-order valence-corrected chi connectivity index (χ0v) is 13.9. The molecule has 1 aromatic carbocycles. The summed E-state index contributed by atoms with van der Waals surface area (Å²) in [5, 5.41) is 7.16. The smallest absolute Gasteiger partial charge is 0.276 e. The maximum Gasteiger partial charge on any atom is 0.276 e. The van der Waals surface area contributed by atoms with Gasteiger partial charge in [-0.05, 0) is 38.0 Å². The lowest BCUT2D eigenvalue weighted by Crippen LogP contribution is -2.17. The van der Waals surface area contributed by atoms with Crippen molar-refractivity contribution in [1.82, 2.24) is 9.78 Å². The normalized spacial score (nSPS) is 19.7. The van der Waals surface area contributed by atoms with Crippen LogP contribution in [0.2, 0.25) is 0 Å². The van der Waals surface area contributed by atoms with Crippen LogP contribution in [0.25, 0.3) is 0 Å². The summed E-state index contributed by atoms with van der Waals surface area (Å²) in [6, 6.07) is 9.03. The quantitative estimate of drug-likeness (QED) is 0.933. The number of nitrogens with zero attached hydrogens (tertiary/aromatic N) is 2. The first-order chi connectivity index (χ1) is 10.9. The van der Waals surface area contributed by atoms with E-state index in [0.717, 1.165) is 16.9 Å². The third-order valence-electron chi connectivity index (χ3n) is 4.10. The van der Waals surface area contributed by atoms with Crippen LogP contribution in [0.3, 0.4) is 0 Å². The van der Waals surface area contributed by atoms with Crippen LogP contribution in [0.5, 0.6) is 0 Å². The molecule has 1 fully saturated rings. The number of aromatic nitrogens is 2. The minimum Gasteiger partial charge on any atom is -0.320 e. The first kappa shape index (κ1) is 15.7. The van der Waals surface area contributed by atoms with E-state index in [9.17, 15) is 13.2 Å². The van der Waals surface area contributed by atoms with Gasteiger partial charge in [0.25, 0.3) is 5.91 Å². The lowest BCUT2D eigenvalue weighted by atomic mass is 10.2. The first-order valence-electron chi connectivity index (χ1n) is 7.49. The van der Waals surface area contributed by atoms with Gasteiger partial charge in [0.1, 0.15) is 0 Å². The number of hydrogen-bond acceptors (Lipinski definition) is 4. The van der Waals surface area contributed by atoms with Crippen molar-refractivity contribution in [3.05, 3.63) is 47.3 Å². The number of rotatable bonds is 3. The van der Waals surface area contributed by atoms with Crippen molar-refractivity contribution in [3.63, 3.8) is 0 Å². The van der Waals surface area contributed by atoms with Crippen LogP contribution in [-0.4, -0.2) is 35.6 Å². The molecule has 1 aliphatic heterocycles. The highest BCUT2D eigenvalue weighted by molar-refractivity contribution is 7.91. The number of benzene rings is 1. The fraction of sp³-hybridized carbons (Fsp3) is 0.375. The molecule has 0 radical (unpaired) electrons. The van der Waals surface area contributed by atoms with Crippen molar-refractivity contribution < 1.29 is 13.2 Å². The number of carbonyl (C=O) groups is 1. The predicted molar refractivity (Wildman–Crippen MR) is 88.4 cm³/mol. The summed E-state index contributed by atoms with van der Waals surface area (Å²) in [5.74, 6) is -0.0159. The zero-order valence-electron chi connectivity index (χ0n) is 13.1. The second-order valence-electron chi connectivity index (χ2n) is 5.94. The molecular formula is C16H19N3O3S. The van der Waals surface area contributed by atoms with E-state index in [1.807, 2.05) is 38.1 Å². The topological polar surface area (TPSA) is 81.1 Å². The maximum absolute atomic E-state index is 12.4. The van der Waals surface area contributed by atoms with Crippen LogP contribution in [-0.2, 0) is 9.84 Å². The molecule has 2 aromatic rings. The first-order valence-corrected chi connectivity index (χ1v) is 9.31. The Morgan fingerprint density at radius 1 is 1.30 bits per heavy atom. The van der Waals surface area contributed by atoms with Crippen molar-refractivity contribution in [2.24, 2.45) is 0 Å². The highest BCUT2D eigenvalue weighted by Gasteiger charge is 2.31. The van der Waals surface area contributed by atoms with Gasteiger partial charge >= 0.3 is 0 Å². The van der Waals surface area contributed by atoms with E-state index >= 15 is 0 Å². The monoisotopic (exact) mass is 333 g/mol. The lowest BCUT2D eigenvalue weighted by Gasteiger charge is -2.10. The predicted octanol–water partition coefficient (Wildman–Crippen LogP) is 2.11. The highest BCUT2D eigenvalue weighted by Crippen LogP contribution is 2.25. The van der Waals surface area contributed by atoms with E-state index in [0.29, 0.717) is 12.1 Å². The Hall–Kier alpha value is -2.15. The molecule has 1 aliphatic rings. The van der Waals surface area contributed by atoms with E-state index in [1.54, 1.807) is 10.7 Å². The SMILES string of the molecule is Cc1ccccc1NC(=O)c1cc(C)n(C2CCS(=O)(=O)C2)n1. The van der Waals surface area contributed by atoms with Crippen molar-refractivity contribution in [1.29, 1.82) is 0 Å². The minimum atomic E-state index is -2.99. The van der Waals surface area contributed by atoms with E-state index in [1.165, 1.54) is 0 Å². The molecule has 122 valence electrons. The average Bonchev–Trinajstić information content (AvgIpc) is 3.04. The third-order valence-corrected chi connectivity index (χ3v) is 5.85. The minimum absolute atomic E-state index is 0.0916. The number of para-hydroxylation sites is 1. The Bertz CT molecular complexity index is 855. The molecule has 1 unspecified atom stereocenters. The molecule has 1 saturated heterocycles. The Balaban J connectivity index is 1.81. The molecule has 1 atom stereocenters. The highest BCUT2D eigenvalue weighted by atomic mass is 32.2. The second-order valence-corrected chi connectivity index (χ2v) is 8.17. The molecule has 2 heterocycles. The van der Waals surface area contributed by atoms with Gasteiger partial charge in [-0.25, -0.2) is 8.42 Å². The zero-order chi connectivity index (χ0) is 16.6. The molecule has 23 heavy (non-hydrogen) atoms. The van der Waals surface area contributed by atoms with Crippen molar-refractivity contribution >= 4 is 21.4 Å². The third kappa shape index (κ3) is 3.29. The molecule has 3 rings (SSSR count). The van der Waals surface area contributed by atoms with Gasteiger partial charge in [0.05, 0.1) is 17.5 Å². The molecule has 1 N–H and O–H groups in total. The van der Waals surface area contributed by atoms with Gasteiger partial charge in [-0.2, -0.15) is 5.10 Å². The van der Waals surface area contributed by atoms with Crippen LogP contribution in [0.1, 0.15) is 34.2 Å². The van der Waals surface area contributed by atoms with Gasteiger partial charge in [0, 0.05) is 11.4 Å². The average molecular weight is 333 g/mol. The van der Waals surface area contributed by atoms with Crippen molar-refractivity contribution in [2.45, 2.75) is 26.3 Å². The fourth-order valence-corrected chi connectivity index (χ4v) is 4.53. The molecule has 0 saturated carbocycles. The molecule has 0 bridgehead atoms. The second kappa shape index (κ2) is 5.81. The van der Waals surface area contributed by atoms with E-state index in [4.69, 9.17) is 0 Å². The molecular weight excluding hydrogens is 314 g/mol. The Labute approximate surface area is 135 Å². The van der Waals surface area contributed by atoms with Crippen LogP contribution < -0.4 is 5.32 Å².